The lowest BCUT2D eigenvalue weighted by Crippen LogP contribution is -2.21. The van der Waals surface area contributed by atoms with Gasteiger partial charge >= 0.3 is 0 Å². The molecule has 2 aromatic heterocycles. The lowest BCUT2D eigenvalue weighted by molar-refractivity contribution is 0.102. The molecule has 0 unspecified atom stereocenters. The molecule has 0 aliphatic rings. The number of amides is 1. The molecule has 0 fully saturated rings. The number of carbonyl (C=O) groups excluding carboxylic acids is 1. The Hall–Kier alpha value is -2.73. The minimum atomic E-state index is -0.220. The van der Waals surface area contributed by atoms with E-state index in [2.05, 4.69) is 10.3 Å². The number of rotatable bonds is 5. The minimum Gasteiger partial charge on any atom is -0.463 e. The fraction of sp³-hybridized carbons (Fsp3) is 0.188. The molecule has 114 valence electrons. The number of aromatic amines is 1. The van der Waals surface area contributed by atoms with Crippen LogP contribution in [0.1, 0.15) is 10.5 Å². The van der Waals surface area contributed by atoms with Gasteiger partial charge in [-0.15, -0.1) is 0 Å². The van der Waals surface area contributed by atoms with Crippen molar-refractivity contribution in [1.29, 1.82) is 0 Å². The third-order valence-corrected chi connectivity index (χ3v) is 3.49. The van der Waals surface area contributed by atoms with E-state index in [-0.39, 0.29) is 12.5 Å². The van der Waals surface area contributed by atoms with Gasteiger partial charge in [0.25, 0.3) is 5.91 Å². The molecule has 1 amide bonds. The van der Waals surface area contributed by atoms with Gasteiger partial charge in [0, 0.05) is 37.1 Å². The molecule has 3 rings (SSSR count). The van der Waals surface area contributed by atoms with Crippen molar-refractivity contribution in [1.82, 2.24) is 4.98 Å². The molecule has 3 aromatic rings. The third kappa shape index (κ3) is 2.82. The zero-order valence-electron chi connectivity index (χ0n) is 12.2. The number of H-pyrrole nitrogens is 1. The van der Waals surface area contributed by atoms with Gasteiger partial charge in [-0.3, -0.25) is 4.79 Å². The maximum absolute atomic E-state index is 12.2. The van der Waals surface area contributed by atoms with Crippen molar-refractivity contribution in [3.8, 4) is 0 Å². The first-order valence-corrected chi connectivity index (χ1v) is 6.97. The molecule has 22 heavy (non-hydrogen) atoms. The van der Waals surface area contributed by atoms with Crippen LogP contribution in [-0.2, 0) is 0 Å². The summed E-state index contributed by atoms with van der Waals surface area (Å²) < 4.78 is 5.23. The van der Waals surface area contributed by atoms with Crippen molar-refractivity contribution in [3.05, 3.63) is 48.4 Å². The van der Waals surface area contributed by atoms with Gasteiger partial charge in [0.15, 0.2) is 5.58 Å². The molecule has 0 atom stereocenters. The standard InChI is InChI=1S/C16H17N3O3/c1-19(7-8-20)12-4-2-11(3-5-12)17-16(21)14-10-15-13(18-14)6-9-22-15/h2-6,9-10,18,20H,7-8H2,1H3,(H,17,21). The van der Waals surface area contributed by atoms with Crippen LogP contribution in [0, 0.1) is 0 Å². The lowest BCUT2D eigenvalue weighted by Gasteiger charge is -2.18. The monoisotopic (exact) mass is 299 g/mol. The third-order valence-electron chi connectivity index (χ3n) is 3.49. The van der Waals surface area contributed by atoms with Crippen LogP contribution in [0.2, 0.25) is 0 Å². The predicted octanol–water partition coefficient (Wildman–Crippen LogP) is 2.44. The smallest absolute Gasteiger partial charge is 0.272 e. The topological polar surface area (TPSA) is 81.5 Å². The summed E-state index contributed by atoms with van der Waals surface area (Å²) in [5, 5.41) is 11.8. The number of furan rings is 1. The van der Waals surface area contributed by atoms with Gasteiger partial charge in [-0.1, -0.05) is 0 Å². The van der Waals surface area contributed by atoms with E-state index in [1.807, 2.05) is 36.2 Å². The van der Waals surface area contributed by atoms with Gasteiger partial charge in [-0.05, 0) is 24.3 Å². The van der Waals surface area contributed by atoms with Gasteiger partial charge in [0.2, 0.25) is 0 Å². The molecule has 0 saturated carbocycles. The van der Waals surface area contributed by atoms with Crippen LogP contribution in [0.4, 0.5) is 11.4 Å². The summed E-state index contributed by atoms with van der Waals surface area (Å²) in [4.78, 5) is 17.1. The number of anilines is 2. The highest BCUT2D eigenvalue weighted by Gasteiger charge is 2.11. The Balaban J connectivity index is 1.69. The number of hydrogen-bond donors (Lipinski definition) is 3. The molecule has 1 aromatic carbocycles. The van der Waals surface area contributed by atoms with E-state index in [9.17, 15) is 4.79 Å². The summed E-state index contributed by atoms with van der Waals surface area (Å²) in [6.07, 6.45) is 1.57. The van der Waals surface area contributed by atoms with Crippen molar-refractivity contribution in [2.45, 2.75) is 0 Å². The van der Waals surface area contributed by atoms with Gasteiger partial charge in [0.05, 0.1) is 18.4 Å². The fourth-order valence-corrected chi connectivity index (χ4v) is 2.25. The van der Waals surface area contributed by atoms with E-state index in [1.165, 1.54) is 0 Å². The summed E-state index contributed by atoms with van der Waals surface area (Å²) in [6, 6.07) is 10.9. The van der Waals surface area contributed by atoms with Crippen LogP contribution in [0.25, 0.3) is 11.1 Å². The summed E-state index contributed by atoms with van der Waals surface area (Å²) in [7, 11) is 1.90. The maximum Gasteiger partial charge on any atom is 0.272 e. The van der Waals surface area contributed by atoms with Crippen LogP contribution in [0.3, 0.4) is 0 Å². The Morgan fingerprint density at radius 3 is 2.77 bits per heavy atom. The Bertz CT molecular complexity index is 745. The van der Waals surface area contributed by atoms with E-state index in [0.717, 1.165) is 11.2 Å². The van der Waals surface area contributed by atoms with Crippen molar-refractivity contribution in [3.63, 3.8) is 0 Å². The average molecular weight is 299 g/mol. The highest BCUT2D eigenvalue weighted by molar-refractivity contribution is 6.05. The van der Waals surface area contributed by atoms with Crippen LogP contribution in [-0.4, -0.2) is 36.2 Å². The number of nitrogens with zero attached hydrogens (tertiary/aromatic N) is 1. The molecule has 2 heterocycles. The number of likely N-dealkylation sites (N-methyl/N-ethyl adjacent to an activating group) is 1. The first-order chi connectivity index (χ1) is 10.7. The zero-order chi connectivity index (χ0) is 15.5. The van der Waals surface area contributed by atoms with Crippen LogP contribution in [0.5, 0.6) is 0 Å². The molecule has 6 heteroatoms. The largest absolute Gasteiger partial charge is 0.463 e. The number of aliphatic hydroxyl groups is 1. The number of nitrogens with one attached hydrogen (secondary N) is 2. The summed E-state index contributed by atoms with van der Waals surface area (Å²) in [6.45, 7) is 0.663. The Morgan fingerprint density at radius 2 is 2.09 bits per heavy atom. The van der Waals surface area contributed by atoms with Crippen molar-refractivity contribution in [2.24, 2.45) is 0 Å². The van der Waals surface area contributed by atoms with E-state index >= 15 is 0 Å². The van der Waals surface area contributed by atoms with Crippen LogP contribution >= 0.6 is 0 Å². The highest BCUT2D eigenvalue weighted by Crippen LogP contribution is 2.19. The van der Waals surface area contributed by atoms with E-state index in [4.69, 9.17) is 9.52 Å². The first kappa shape index (κ1) is 14.2. The minimum absolute atomic E-state index is 0.100. The fourth-order valence-electron chi connectivity index (χ4n) is 2.25. The van der Waals surface area contributed by atoms with Gasteiger partial charge in [-0.25, -0.2) is 0 Å². The second kappa shape index (κ2) is 5.95. The Labute approximate surface area is 127 Å². The molecule has 6 nitrogen and oxygen atoms in total. The average Bonchev–Trinajstić information content (AvgIpc) is 3.09. The SMILES string of the molecule is CN(CCO)c1ccc(NC(=O)c2cc3occc3[nH]2)cc1. The van der Waals surface area contributed by atoms with Gasteiger partial charge in [-0.2, -0.15) is 0 Å². The molecule has 0 saturated heterocycles. The normalized spacial score (nSPS) is 10.8. The number of aliphatic hydroxyl groups excluding tert-OH is 1. The molecule has 0 aliphatic carbocycles. The second-order valence-corrected chi connectivity index (χ2v) is 5.03. The zero-order valence-corrected chi connectivity index (χ0v) is 12.2. The van der Waals surface area contributed by atoms with E-state index in [1.54, 1.807) is 18.4 Å². The Kier molecular flexibility index (Phi) is 3.84. The second-order valence-electron chi connectivity index (χ2n) is 5.03. The number of fused-ring (bicyclic) bond motifs is 1. The molecule has 3 N–H and O–H groups in total. The molecular weight excluding hydrogens is 282 g/mol. The van der Waals surface area contributed by atoms with Crippen molar-refractivity contribution in [2.75, 3.05) is 30.4 Å². The molecule has 0 bridgehead atoms. The number of benzene rings is 1. The summed E-state index contributed by atoms with van der Waals surface area (Å²) in [5.74, 6) is -0.220. The highest BCUT2D eigenvalue weighted by atomic mass is 16.3. The molecule has 0 aliphatic heterocycles. The van der Waals surface area contributed by atoms with Crippen LogP contribution in [0.15, 0.2) is 47.1 Å². The van der Waals surface area contributed by atoms with E-state index < -0.39 is 0 Å². The van der Waals surface area contributed by atoms with Gasteiger partial charge < -0.3 is 24.7 Å². The summed E-state index contributed by atoms with van der Waals surface area (Å²) >= 11 is 0. The van der Waals surface area contributed by atoms with Crippen molar-refractivity contribution < 1.29 is 14.3 Å². The van der Waals surface area contributed by atoms with E-state index in [0.29, 0.717) is 23.5 Å². The molecule has 0 spiro atoms. The predicted molar refractivity (Wildman–Crippen MR) is 85.3 cm³/mol. The first-order valence-electron chi connectivity index (χ1n) is 6.97. The number of carbonyl (C=O) groups is 1. The van der Waals surface area contributed by atoms with Gasteiger partial charge in [0.1, 0.15) is 5.69 Å². The lowest BCUT2D eigenvalue weighted by atomic mass is 10.2. The number of hydrogen-bond acceptors (Lipinski definition) is 4. The maximum atomic E-state index is 12.2. The Morgan fingerprint density at radius 1 is 1.32 bits per heavy atom. The summed E-state index contributed by atoms with van der Waals surface area (Å²) in [5.41, 5.74) is 3.59. The quantitative estimate of drug-likeness (QED) is 0.676. The molecule has 0 radical (unpaired) electrons. The number of aromatic nitrogens is 1. The van der Waals surface area contributed by atoms with Crippen LogP contribution < -0.4 is 10.2 Å². The van der Waals surface area contributed by atoms with Crippen molar-refractivity contribution >= 4 is 28.4 Å². The molecular formula is C16H17N3O3.